The van der Waals surface area contributed by atoms with E-state index in [1.165, 1.54) is 30.6 Å². The van der Waals surface area contributed by atoms with Gasteiger partial charge in [-0.25, -0.2) is 14.6 Å². The normalized spacial score (nSPS) is 18.9. The second-order valence-corrected chi connectivity index (χ2v) is 21.1. The number of likely N-dealkylation sites (tertiary alicyclic amines) is 2. The third kappa shape index (κ3) is 13.6. The van der Waals surface area contributed by atoms with Crippen LogP contribution < -0.4 is 10.6 Å². The predicted molar refractivity (Wildman–Crippen MR) is 260 cm³/mol. The van der Waals surface area contributed by atoms with Gasteiger partial charge in [-0.15, -0.1) is 0 Å². The molecule has 3 aliphatic heterocycles. The van der Waals surface area contributed by atoms with Crippen LogP contribution in [0, 0.1) is 11.8 Å². The minimum atomic E-state index is -4.76. The third-order valence-corrected chi connectivity index (χ3v) is 13.0. The molecule has 4 N–H and O–H groups in total. The molecular weight excluding hydrogens is 963 g/mol. The number of hydrogen-bond donors (Lipinski definition) is 4. The predicted octanol–water partition coefficient (Wildman–Crippen LogP) is 6.49. The van der Waals surface area contributed by atoms with Crippen molar-refractivity contribution >= 4 is 52.8 Å². The van der Waals surface area contributed by atoms with Crippen LogP contribution in [0.25, 0.3) is 11.4 Å². The number of ether oxygens (including phenoxy) is 3. The number of nitrogens with one attached hydrogen (secondary N) is 4. The van der Waals surface area contributed by atoms with E-state index in [-0.39, 0.29) is 107 Å². The Morgan fingerprint density at radius 2 is 1.53 bits per heavy atom. The summed E-state index contributed by atoms with van der Waals surface area (Å²) in [5, 5.41) is 11.9. The molecule has 0 spiro atoms. The van der Waals surface area contributed by atoms with Gasteiger partial charge in [-0.05, 0) is 71.9 Å². The number of alkyl halides is 3. The molecule has 3 saturated heterocycles. The first kappa shape index (κ1) is 53.5. The van der Waals surface area contributed by atoms with E-state index in [4.69, 9.17) is 25.8 Å². The number of piperidine rings is 1. The molecule has 0 radical (unpaired) electrons. The van der Waals surface area contributed by atoms with E-state index >= 15 is 0 Å². The van der Waals surface area contributed by atoms with Gasteiger partial charge in [-0.3, -0.25) is 24.5 Å². The highest BCUT2D eigenvalue weighted by Crippen LogP contribution is 2.36. The number of rotatable bonds is 15. The van der Waals surface area contributed by atoms with E-state index in [0.717, 1.165) is 0 Å². The standard InChI is InChI=1S/C49H63ClF3N11O8/c1-47(2,3)71-39(65)29-64(28-30-26-63(27-30)46(69)72-48(4,5)6)19-12-31(13-20-64)44(67)61-15-17-62(18-16-61)45(68)35-10-8-32(23-37(35)50)58-43(66)42-56-25-34(57-42)22-36-40(59-60-41(36)49(51,52)53)38-11-9-33(24-55-38)54-14-21-70-7/h8-11,23-25,30-31H,12-22,26-29H2,1-7H3,(H3-,54,55,56,57,58,59,60,66,68)/p+1. The third-order valence-electron chi connectivity index (χ3n) is 12.7. The second-order valence-electron chi connectivity index (χ2n) is 20.7. The number of carbonyl (C=O) groups excluding carboxylic acids is 5. The molecule has 7 rings (SSSR count). The van der Waals surface area contributed by atoms with Crippen LogP contribution >= 0.6 is 11.6 Å². The summed E-state index contributed by atoms with van der Waals surface area (Å²) >= 11 is 6.61. The maximum atomic E-state index is 14.1. The quantitative estimate of drug-likeness (QED) is 0.0571. The van der Waals surface area contributed by atoms with Crippen LogP contribution in [0.15, 0.2) is 42.7 Å². The van der Waals surface area contributed by atoms with Crippen molar-refractivity contribution in [3.05, 3.63) is 76.1 Å². The number of H-pyrrole nitrogens is 2. The summed E-state index contributed by atoms with van der Waals surface area (Å²) in [7, 11) is 1.56. The van der Waals surface area contributed by atoms with Crippen molar-refractivity contribution in [2.24, 2.45) is 11.8 Å². The number of carbonyl (C=O) groups is 5. The Morgan fingerprint density at radius 1 is 0.861 bits per heavy atom. The molecule has 0 aliphatic carbocycles. The number of halogens is 4. The van der Waals surface area contributed by atoms with Crippen molar-refractivity contribution in [3.8, 4) is 11.4 Å². The number of aromatic amines is 2. The lowest BCUT2D eigenvalue weighted by Crippen LogP contribution is -2.64. The maximum Gasteiger partial charge on any atom is 0.433 e. The Kier molecular flexibility index (Phi) is 16.2. The van der Waals surface area contributed by atoms with Gasteiger partial charge in [0.1, 0.15) is 22.6 Å². The highest BCUT2D eigenvalue weighted by Gasteiger charge is 2.46. The second kappa shape index (κ2) is 21.8. The summed E-state index contributed by atoms with van der Waals surface area (Å²) in [6.07, 6.45) is -1.50. The Balaban J connectivity index is 0.908. The molecule has 72 heavy (non-hydrogen) atoms. The number of amides is 4. The summed E-state index contributed by atoms with van der Waals surface area (Å²) < 4.78 is 59.1. The van der Waals surface area contributed by atoms with E-state index in [9.17, 15) is 37.1 Å². The number of anilines is 2. The zero-order valence-electron chi connectivity index (χ0n) is 41.7. The lowest BCUT2D eigenvalue weighted by Gasteiger charge is -2.49. The van der Waals surface area contributed by atoms with Crippen LogP contribution in [0.1, 0.15) is 92.3 Å². The molecule has 4 aromatic rings. The number of hydrogen-bond acceptors (Lipinski definition) is 12. The van der Waals surface area contributed by atoms with Gasteiger partial charge in [-0.1, -0.05) is 11.6 Å². The van der Waals surface area contributed by atoms with Gasteiger partial charge in [0.05, 0.1) is 54.4 Å². The minimum absolute atomic E-state index is 0.0110. The molecule has 3 fully saturated rings. The SMILES string of the molecule is COCCNc1ccc(-c2n[nH]c(C(F)(F)F)c2Cc2cnc(C(=O)Nc3ccc(C(=O)N4CCN(C(=O)C5CC[N+](CC(=O)OC(C)(C)C)(CC6CN(C(=O)OC(C)(C)C)C6)CC5)CC4)c(Cl)c3)[nH]2)nc1. The van der Waals surface area contributed by atoms with Gasteiger partial charge >= 0.3 is 18.2 Å². The van der Waals surface area contributed by atoms with Gasteiger partial charge in [0.25, 0.3) is 11.8 Å². The monoisotopic (exact) mass is 1030 g/mol. The first-order valence-corrected chi connectivity index (χ1v) is 24.4. The summed E-state index contributed by atoms with van der Waals surface area (Å²) in [5.41, 5.74) is -0.994. The molecule has 0 bridgehead atoms. The molecule has 0 saturated carbocycles. The highest BCUT2D eigenvalue weighted by molar-refractivity contribution is 6.34. The Morgan fingerprint density at radius 3 is 2.14 bits per heavy atom. The van der Waals surface area contributed by atoms with Gasteiger partial charge in [0.15, 0.2) is 12.4 Å². The van der Waals surface area contributed by atoms with Crippen LogP contribution in [0.5, 0.6) is 0 Å². The van der Waals surface area contributed by atoms with Crippen LogP contribution in [-0.4, -0.2) is 171 Å². The highest BCUT2D eigenvalue weighted by atomic mass is 35.5. The van der Waals surface area contributed by atoms with Crippen molar-refractivity contribution < 1.29 is 55.8 Å². The zero-order valence-corrected chi connectivity index (χ0v) is 42.5. The fourth-order valence-corrected chi connectivity index (χ4v) is 9.57. The van der Waals surface area contributed by atoms with Crippen molar-refractivity contribution in [1.29, 1.82) is 0 Å². The number of imidazole rings is 1. The molecule has 4 amide bonds. The molecule has 23 heteroatoms. The lowest BCUT2D eigenvalue weighted by atomic mass is 9.90. The molecule has 3 aromatic heterocycles. The largest absolute Gasteiger partial charge is 0.456 e. The number of nitrogens with zero attached hydrogens (tertiary/aromatic N) is 7. The summed E-state index contributed by atoms with van der Waals surface area (Å²) in [4.78, 5) is 83.0. The van der Waals surface area contributed by atoms with Crippen LogP contribution in [-0.2, 0) is 36.4 Å². The zero-order chi connectivity index (χ0) is 52.2. The summed E-state index contributed by atoms with van der Waals surface area (Å²) in [6.45, 7) is 16.3. The number of methoxy groups -OCH3 is 1. The van der Waals surface area contributed by atoms with Gasteiger partial charge in [0, 0.05) is 107 Å². The van der Waals surface area contributed by atoms with E-state index in [0.29, 0.717) is 82.0 Å². The van der Waals surface area contributed by atoms with Gasteiger partial charge in [-0.2, -0.15) is 18.3 Å². The maximum absolute atomic E-state index is 14.1. The fourth-order valence-electron chi connectivity index (χ4n) is 9.31. The number of aromatic nitrogens is 5. The van der Waals surface area contributed by atoms with Crippen LogP contribution in [0.2, 0.25) is 5.02 Å². The van der Waals surface area contributed by atoms with Crippen molar-refractivity contribution in [2.45, 2.75) is 78.2 Å². The van der Waals surface area contributed by atoms with Crippen LogP contribution in [0.3, 0.4) is 0 Å². The first-order valence-electron chi connectivity index (χ1n) is 24.0. The van der Waals surface area contributed by atoms with Gasteiger partial charge in [0.2, 0.25) is 5.91 Å². The first-order chi connectivity index (χ1) is 33.9. The van der Waals surface area contributed by atoms with E-state index in [1.54, 1.807) is 33.9 Å². The molecule has 19 nitrogen and oxygen atoms in total. The van der Waals surface area contributed by atoms with E-state index in [1.807, 2.05) is 41.5 Å². The summed E-state index contributed by atoms with van der Waals surface area (Å²) in [6, 6.07) is 7.64. The number of pyridine rings is 1. The van der Waals surface area contributed by atoms with E-state index < -0.39 is 29.0 Å². The Bertz CT molecular complexity index is 2590. The summed E-state index contributed by atoms with van der Waals surface area (Å²) in [5.74, 6) is -1.56. The number of quaternary nitrogens is 1. The average molecular weight is 1030 g/mol. The Hall–Kier alpha value is -6.26. The smallest absolute Gasteiger partial charge is 0.433 e. The molecule has 0 unspecified atom stereocenters. The lowest BCUT2D eigenvalue weighted by molar-refractivity contribution is -0.930. The topological polar surface area (TPSA) is 217 Å². The minimum Gasteiger partial charge on any atom is -0.456 e. The molecule has 3 aliphatic rings. The molecule has 1 aromatic carbocycles. The van der Waals surface area contributed by atoms with E-state index in [2.05, 4.69) is 35.8 Å². The van der Waals surface area contributed by atoms with Gasteiger partial charge < -0.3 is 49.0 Å². The fraction of sp³-hybridized carbons (Fsp3) is 0.551. The van der Waals surface area contributed by atoms with Crippen molar-refractivity contribution in [2.75, 3.05) is 96.3 Å². The molecule has 390 valence electrons. The van der Waals surface area contributed by atoms with Crippen LogP contribution in [0.4, 0.5) is 29.3 Å². The molecular formula is C49H64ClF3N11O8+. The number of benzene rings is 1. The number of piperazine rings is 1. The molecule has 0 atom stereocenters. The average Bonchev–Trinajstić information content (AvgIpc) is 3.95. The van der Waals surface area contributed by atoms with Crippen molar-refractivity contribution in [1.82, 2.24) is 39.8 Å². The number of esters is 1. The molecule has 6 heterocycles. The Labute approximate surface area is 421 Å². The van der Waals surface area contributed by atoms with Crippen molar-refractivity contribution in [3.63, 3.8) is 0 Å².